The summed E-state index contributed by atoms with van der Waals surface area (Å²) >= 11 is 0. The molecule has 6 nitrogen and oxygen atoms in total. The molecule has 1 aromatic heterocycles. The van der Waals surface area contributed by atoms with Gasteiger partial charge in [0.15, 0.2) is 0 Å². The molecule has 3 amide bonds. The summed E-state index contributed by atoms with van der Waals surface area (Å²) in [5, 5.41) is 2.59. The molecule has 1 saturated carbocycles. The maximum atomic E-state index is 14.0. The number of carbonyl (C=O) groups is 2. The van der Waals surface area contributed by atoms with E-state index in [1.54, 1.807) is 29.4 Å². The summed E-state index contributed by atoms with van der Waals surface area (Å²) in [4.78, 5) is 29.2. The molecule has 0 spiro atoms. The number of hydrogen-bond donors (Lipinski definition) is 1. The maximum absolute atomic E-state index is 14.0. The molecule has 1 aliphatic carbocycles. The molecule has 31 heavy (non-hydrogen) atoms. The van der Waals surface area contributed by atoms with Crippen molar-refractivity contribution >= 4 is 17.6 Å². The Bertz CT molecular complexity index is 1020. The number of amides is 3. The third-order valence-electron chi connectivity index (χ3n) is 5.17. The number of furan rings is 1. The summed E-state index contributed by atoms with van der Waals surface area (Å²) in [7, 11) is 0. The fourth-order valence-electron chi connectivity index (χ4n) is 3.37. The molecule has 1 fully saturated rings. The maximum Gasteiger partial charge on any atom is 0.322 e. The number of nitrogens with one attached hydrogen (secondary N) is 1. The van der Waals surface area contributed by atoms with Gasteiger partial charge in [-0.15, -0.1) is 0 Å². The van der Waals surface area contributed by atoms with E-state index in [4.69, 9.17) is 4.42 Å². The van der Waals surface area contributed by atoms with Crippen molar-refractivity contribution in [2.45, 2.75) is 32.0 Å². The molecule has 4 rings (SSSR count). The number of para-hydroxylation sites is 1. The third kappa shape index (κ3) is 5.51. The Morgan fingerprint density at radius 1 is 0.968 bits per heavy atom. The van der Waals surface area contributed by atoms with Crippen molar-refractivity contribution in [2.75, 3.05) is 11.9 Å². The highest BCUT2D eigenvalue weighted by molar-refractivity contribution is 5.93. The van der Waals surface area contributed by atoms with Crippen molar-refractivity contribution in [1.82, 2.24) is 9.80 Å². The molecule has 160 valence electrons. The van der Waals surface area contributed by atoms with Crippen LogP contribution in [0.1, 0.15) is 24.2 Å². The number of nitrogens with zero attached hydrogens (tertiary/aromatic N) is 2. The number of rotatable bonds is 8. The third-order valence-corrected chi connectivity index (χ3v) is 5.17. The Morgan fingerprint density at radius 3 is 2.39 bits per heavy atom. The van der Waals surface area contributed by atoms with Crippen LogP contribution in [0, 0.1) is 5.82 Å². The van der Waals surface area contributed by atoms with Crippen molar-refractivity contribution in [1.29, 1.82) is 0 Å². The highest BCUT2D eigenvalue weighted by Gasteiger charge is 2.35. The lowest BCUT2D eigenvalue weighted by Crippen LogP contribution is -2.45. The predicted molar refractivity (Wildman–Crippen MR) is 115 cm³/mol. The van der Waals surface area contributed by atoms with Gasteiger partial charge in [0.2, 0.25) is 5.91 Å². The first-order chi connectivity index (χ1) is 15.1. The summed E-state index contributed by atoms with van der Waals surface area (Å²) in [5.41, 5.74) is 1.08. The largest absolute Gasteiger partial charge is 0.467 e. The Kier molecular flexibility index (Phi) is 6.31. The average molecular weight is 421 g/mol. The summed E-state index contributed by atoms with van der Waals surface area (Å²) in [5.74, 6) is -0.0460. The van der Waals surface area contributed by atoms with Crippen LogP contribution >= 0.6 is 0 Å². The summed E-state index contributed by atoms with van der Waals surface area (Å²) < 4.78 is 19.4. The summed E-state index contributed by atoms with van der Waals surface area (Å²) in [6, 6.07) is 18.8. The smallest absolute Gasteiger partial charge is 0.322 e. The van der Waals surface area contributed by atoms with Crippen molar-refractivity contribution < 1.29 is 18.4 Å². The lowest BCUT2D eigenvalue weighted by Gasteiger charge is -2.27. The first kappa shape index (κ1) is 20.7. The second kappa shape index (κ2) is 9.47. The van der Waals surface area contributed by atoms with E-state index in [1.165, 1.54) is 17.0 Å². The average Bonchev–Trinajstić information content (AvgIpc) is 3.49. The SMILES string of the molecule is O=C(CN(C(=O)Nc1ccccc1F)C1CC1)N(Cc1ccccc1)Cc1ccco1. The predicted octanol–water partition coefficient (Wildman–Crippen LogP) is 4.64. The molecule has 1 N–H and O–H groups in total. The summed E-state index contributed by atoms with van der Waals surface area (Å²) in [6.07, 6.45) is 3.22. The minimum absolute atomic E-state index is 0.0158. The van der Waals surface area contributed by atoms with E-state index in [0.717, 1.165) is 18.4 Å². The Labute approximate surface area is 180 Å². The van der Waals surface area contributed by atoms with Gasteiger partial charge in [-0.05, 0) is 42.7 Å². The first-order valence-electron chi connectivity index (χ1n) is 10.3. The van der Waals surface area contributed by atoms with Crippen LogP contribution in [0.3, 0.4) is 0 Å². The van der Waals surface area contributed by atoms with Gasteiger partial charge >= 0.3 is 6.03 Å². The van der Waals surface area contributed by atoms with Gasteiger partial charge in [0.05, 0.1) is 18.5 Å². The zero-order chi connectivity index (χ0) is 21.6. The molecule has 1 aliphatic rings. The highest BCUT2D eigenvalue weighted by atomic mass is 19.1. The Balaban J connectivity index is 1.48. The van der Waals surface area contributed by atoms with E-state index in [2.05, 4.69) is 5.32 Å². The van der Waals surface area contributed by atoms with E-state index in [1.807, 2.05) is 36.4 Å². The molecule has 3 aromatic rings. The van der Waals surface area contributed by atoms with Crippen LogP contribution in [-0.2, 0) is 17.9 Å². The number of benzene rings is 2. The molecular formula is C24H24FN3O3. The van der Waals surface area contributed by atoms with Gasteiger partial charge in [0.1, 0.15) is 18.1 Å². The van der Waals surface area contributed by atoms with Gasteiger partial charge in [-0.25, -0.2) is 9.18 Å². The van der Waals surface area contributed by atoms with Gasteiger partial charge in [-0.2, -0.15) is 0 Å². The van der Waals surface area contributed by atoms with E-state index < -0.39 is 11.8 Å². The lowest BCUT2D eigenvalue weighted by atomic mass is 10.2. The second-order valence-electron chi connectivity index (χ2n) is 7.58. The topological polar surface area (TPSA) is 65.8 Å². The van der Waals surface area contributed by atoms with Gasteiger partial charge in [-0.3, -0.25) is 4.79 Å². The zero-order valence-electron chi connectivity index (χ0n) is 17.0. The van der Waals surface area contributed by atoms with Crippen molar-refractivity contribution in [2.24, 2.45) is 0 Å². The molecule has 0 radical (unpaired) electrons. The quantitative estimate of drug-likeness (QED) is 0.576. The van der Waals surface area contributed by atoms with Crippen molar-refractivity contribution in [3.8, 4) is 0 Å². The van der Waals surface area contributed by atoms with E-state index in [9.17, 15) is 14.0 Å². The highest BCUT2D eigenvalue weighted by Crippen LogP contribution is 2.28. The van der Waals surface area contributed by atoms with Gasteiger partial charge in [-0.1, -0.05) is 42.5 Å². The molecule has 0 saturated heterocycles. The fraction of sp³-hybridized carbons (Fsp3) is 0.250. The zero-order valence-corrected chi connectivity index (χ0v) is 17.0. The van der Waals surface area contributed by atoms with Crippen LogP contribution in [0.25, 0.3) is 0 Å². The molecule has 0 atom stereocenters. The lowest BCUT2D eigenvalue weighted by molar-refractivity contribution is -0.133. The van der Waals surface area contributed by atoms with Crippen molar-refractivity contribution in [3.05, 3.63) is 90.1 Å². The Morgan fingerprint density at radius 2 is 1.71 bits per heavy atom. The van der Waals surface area contributed by atoms with Crippen LogP contribution in [0.4, 0.5) is 14.9 Å². The van der Waals surface area contributed by atoms with Crippen LogP contribution in [0.2, 0.25) is 0 Å². The summed E-state index contributed by atoms with van der Waals surface area (Å²) in [6.45, 7) is 0.612. The van der Waals surface area contributed by atoms with Gasteiger partial charge < -0.3 is 19.5 Å². The second-order valence-corrected chi connectivity index (χ2v) is 7.58. The molecular weight excluding hydrogens is 397 g/mol. The minimum atomic E-state index is -0.513. The molecule has 0 aliphatic heterocycles. The monoisotopic (exact) mass is 421 g/mol. The normalized spacial score (nSPS) is 12.9. The van der Waals surface area contributed by atoms with Crippen LogP contribution in [0.15, 0.2) is 77.4 Å². The number of hydrogen-bond acceptors (Lipinski definition) is 3. The number of halogens is 1. The number of carbonyl (C=O) groups excluding carboxylic acids is 2. The van der Waals surface area contributed by atoms with E-state index in [0.29, 0.717) is 18.8 Å². The van der Waals surface area contributed by atoms with Crippen LogP contribution in [-0.4, -0.2) is 34.3 Å². The number of anilines is 1. The van der Waals surface area contributed by atoms with E-state index >= 15 is 0 Å². The number of urea groups is 1. The van der Waals surface area contributed by atoms with Crippen LogP contribution < -0.4 is 5.32 Å². The molecule has 1 heterocycles. The molecule has 7 heteroatoms. The fourth-order valence-corrected chi connectivity index (χ4v) is 3.37. The van der Waals surface area contributed by atoms with E-state index in [-0.39, 0.29) is 24.2 Å². The molecule has 0 unspecified atom stereocenters. The van der Waals surface area contributed by atoms with Crippen molar-refractivity contribution in [3.63, 3.8) is 0 Å². The van der Waals surface area contributed by atoms with Gasteiger partial charge in [0, 0.05) is 12.6 Å². The van der Waals surface area contributed by atoms with Gasteiger partial charge in [0.25, 0.3) is 0 Å². The molecule has 2 aromatic carbocycles. The first-order valence-corrected chi connectivity index (χ1v) is 10.3. The molecule has 0 bridgehead atoms. The standard InChI is InChI=1S/C24H24FN3O3/c25-21-10-4-5-11-22(21)26-24(30)28(19-12-13-19)17-23(29)27(16-20-9-6-14-31-20)15-18-7-2-1-3-8-18/h1-11,14,19H,12-13,15-17H2,(H,26,30). The minimum Gasteiger partial charge on any atom is -0.467 e. The Hall–Kier alpha value is -3.61. The van der Waals surface area contributed by atoms with Crippen LogP contribution in [0.5, 0.6) is 0 Å².